The molecule has 3 aromatic rings. The van der Waals surface area contributed by atoms with Crippen LogP contribution in [0.4, 0.5) is 10.1 Å². The van der Waals surface area contributed by atoms with E-state index in [-0.39, 0.29) is 10.7 Å². The SMILES string of the molecule is CC1(C)c2cc(S(N)(=O)=O)ccc2NC12C=Cc1cc(C(=O)c3ccc(F)cc3)ccc1O2. The molecule has 2 aliphatic rings. The summed E-state index contributed by atoms with van der Waals surface area (Å²) in [5, 5.41) is 8.70. The van der Waals surface area contributed by atoms with Crippen LogP contribution in [0.3, 0.4) is 0 Å². The Morgan fingerprint density at radius 1 is 1.00 bits per heavy atom. The molecule has 1 unspecified atom stereocenters. The molecule has 3 aromatic carbocycles. The Hall–Kier alpha value is -3.49. The van der Waals surface area contributed by atoms with E-state index in [1.54, 1.807) is 30.3 Å². The highest BCUT2D eigenvalue weighted by Crippen LogP contribution is 2.51. The Bertz CT molecular complexity index is 1450. The van der Waals surface area contributed by atoms with Crippen molar-refractivity contribution in [3.8, 4) is 5.75 Å². The maximum Gasteiger partial charge on any atom is 0.238 e. The maximum absolute atomic E-state index is 13.2. The van der Waals surface area contributed by atoms with Gasteiger partial charge in [0.25, 0.3) is 0 Å². The zero-order chi connectivity index (χ0) is 23.6. The standard InChI is InChI=1S/C25H21FN2O4S/c1-24(2)20-14-19(33(27,30)31)8-9-21(20)28-25(24)12-11-16-13-17(5-10-22(16)32-25)23(29)15-3-6-18(26)7-4-15/h3-14,28H,1-2H3,(H2,27,30,31). The van der Waals surface area contributed by atoms with E-state index in [4.69, 9.17) is 9.88 Å². The van der Waals surface area contributed by atoms with E-state index < -0.39 is 27.0 Å². The summed E-state index contributed by atoms with van der Waals surface area (Å²) in [5.41, 5.74) is 1.51. The van der Waals surface area contributed by atoms with E-state index in [1.807, 2.05) is 26.0 Å². The van der Waals surface area contributed by atoms with Gasteiger partial charge in [-0.1, -0.05) is 0 Å². The number of primary sulfonamides is 1. The van der Waals surface area contributed by atoms with E-state index in [1.165, 1.54) is 30.3 Å². The van der Waals surface area contributed by atoms with E-state index in [0.29, 0.717) is 16.9 Å². The van der Waals surface area contributed by atoms with Crippen molar-refractivity contribution in [2.75, 3.05) is 5.32 Å². The molecule has 0 bridgehead atoms. The molecule has 0 aromatic heterocycles. The van der Waals surface area contributed by atoms with Crippen molar-refractivity contribution in [3.63, 3.8) is 0 Å². The van der Waals surface area contributed by atoms with Crippen LogP contribution in [0.15, 0.2) is 71.6 Å². The molecule has 0 saturated carbocycles. The number of carbonyl (C=O) groups excluding carboxylic acids is 1. The fourth-order valence-corrected chi connectivity index (χ4v) is 4.92. The number of halogens is 1. The second-order valence-corrected chi connectivity index (χ2v) is 10.3. The first kappa shape index (κ1) is 21.4. The number of rotatable bonds is 3. The molecule has 2 heterocycles. The summed E-state index contributed by atoms with van der Waals surface area (Å²) in [4.78, 5) is 12.8. The van der Waals surface area contributed by atoms with Crippen molar-refractivity contribution in [1.29, 1.82) is 0 Å². The van der Waals surface area contributed by atoms with Crippen molar-refractivity contribution in [2.24, 2.45) is 5.14 Å². The highest BCUT2D eigenvalue weighted by Gasteiger charge is 2.54. The zero-order valence-electron chi connectivity index (χ0n) is 17.9. The van der Waals surface area contributed by atoms with Gasteiger partial charge >= 0.3 is 0 Å². The van der Waals surface area contributed by atoms with E-state index in [2.05, 4.69) is 5.32 Å². The number of ketones is 1. The first-order chi connectivity index (χ1) is 15.5. The number of hydrogen-bond acceptors (Lipinski definition) is 5. The van der Waals surface area contributed by atoms with E-state index in [9.17, 15) is 17.6 Å². The number of ether oxygens (including phenoxy) is 1. The van der Waals surface area contributed by atoms with Crippen molar-refractivity contribution in [2.45, 2.75) is 29.9 Å². The van der Waals surface area contributed by atoms with Crippen LogP contribution in [0.1, 0.15) is 40.9 Å². The fourth-order valence-electron chi connectivity index (χ4n) is 4.38. The molecular weight excluding hydrogens is 443 g/mol. The van der Waals surface area contributed by atoms with Crippen molar-refractivity contribution < 1.29 is 22.3 Å². The first-order valence-corrected chi connectivity index (χ1v) is 11.8. The summed E-state index contributed by atoms with van der Waals surface area (Å²) >= 11 is 0. The molecule has 8 heteroatoms. The minimum absolute atomic E-state index is 0.0392. The second kappa shape index (κ2) is 7.00. The van der Waals surface area contributed by atoms with Crippen LogP contribution in [-0.2, 0) is 15.4 Å². The van der Waals surface area contributed by atoms with Crippen LogP contribution in [0.2, 0.25) is 0 Å². The molecule has 5 rings (SSSR count). The van der Waals surface area contributed by atoms with Gasteiger partial charge in [0.1, 0.15) is 11.6 Å². The lowest BCUT2D eigenvalue weighted by atomic mass is 9.76. The van der Waals surface area contributed by atoms with Crippen LogP contribution < -0.4 is 15.2 Å². The molecular formula is C25H21FN2O4S. The van der Waals surface area contributed by atoms with Gasteiger partial charge in [0, 0.05) is 22.4 Å². The van der Waals surface area contributed by atoms with Crippen LogP contribution in [-0.4, -0.2) is 19.9 Å². The fraction of sp³-hybridized carbons (Fsp3) is 0.160. The molecule has 33 heavy (non-hydrogen) atoms. The smallest absolute Gasteiger partial charge is 0.238 e. The third-order valence-corrected chi connectivity index (χ3v) is 7.30. The zero-order valence-corrected chi connectivity index (χ0v) is 18.7. The van der Waals surface area contributed by atoms with Gasteiger partial charge in [-0.25, -0.2) is 17.9 Å². The number of nitrogens with two attached hydrogens (primary N) is 1. The topological polar surface area (TPSA) is 98.5 Å². The molecule has 0 saturated heterocycles. The molecule has 2 aliphatic heterocycles. The normalized spacial score (nSPS) is 20.0. The van der Waals surface area contributed by atoms with Gasteiger partial charge < -0.3 is 10.1 Å². The van der Waals surface area contributed by atoms with Crippen molar-refractivity contribution in [1.82, 2.24) is 0 Å². The highest BCUT2D eigenvalue weighted by atomic mass is 32.2. The third kappa shape index (κ3) is 3.34. The van der Waals surface area contributed by atoms with Gasteiger partial charge in [-0.3, -0.25) is 4.79 Å². The molecule has 0 radical (unpaired) electrons. The molecule has 1 spiro atoms. The monoisotopic (exact) mass is 464 g/mol. The lowest BCUT2D eigenvalue weighted by Crippen LogP contribution is -2.53. The molecule has 168 valence electrons. The number of sulfonamides is 1. The number of hydrogen-bond donors (Lipinski definition) is 2. The van der Waals surface area contributed by atoms with Gasteiger partial charge in [-0.15, -0.1) is 0 Å². The minimum Gasteiger partial charge on any atom is -0.463 e. The van der Waals surface area contributed by atoms with Gasteiger partial charge in [0.05, 0.1) is 10.3 Å². The molecule has 0 aliphatic carbocycles. The van der Waals surface area contributed by atoms with Gasteiger partial charge in [0.15, 0.2) is 5.78 Å². The molecule has 0 amide bonds. The lowest BCUT2D eigenvalue weighted by molar-refractivity contribution is 0.0822. The average molecular weight is 465 g/mol. The quantitative estimate of drug-likeness (QED) is 0.566. The predicted octanol–water partition coefficient (Wildman–Crippen LogP) is 4.21. The average Bonchev–Trinajstić information content (AvgIpc) is 2.98. The molecule has 3 N–H and O–H groups in total. The Labute approximate surface area is 190 Å². The predicted molar refractivity (Wildman–Crippen MR) is 123 cm³/mol. The van der Waals surface area contributed by atoms with E-state index >= 15 is 0 Å². The summed E-state index contributed by atoms with van der Waals surface area (Å²) in [5.74, 6) is -0.0376. The van der Waals surface area contributed by atoms with Crippen LogP contribution in [0, 0.1) is 5.82 Å². The summed E-state index contributed by atoms with van der Waals surface area (Å²) in [6.45, 7) is 3.92. The largest absolute Gasteiger partial charge is 0.463 e. The second-order valence-electron chi connectivity index (χ2n) is 8.76. The molecule has 1 atom stereocenters. The van der Waals surface area contributed by atoms with Crippen molar-refractivity contribution in [3.05, 3.63) is 94.8 Å². The summed E-state index contributed by atoms with van der Waals surface area (Å²) < 4.78 is 43.3. The van der Waals surface area contributed by atoms with Gasteiger partial charge in [-0.2, -0.15) is 0 Å². The Kier molecular flexibility index (Phi) is 4.53. The Morgan fingerprint density at radius 2 is 1.70 bits per heavy atom. The summed E-state index contributed by atoms with van der Waals surface area (Å²) in [6, 6.07) is 15.3. The van der Waals surface area contributed by atoms with Crippen LogP contribution >= 0.6 is 0 Å². The Balaban J connectivity index is 1.49. The van der Waals surface area contributed by atoms with Crippen LogP contribution in [0.25, 0.3) is 6.08 Å². The van der Waals surface area contributed by atoms with Crippen molar-refractivity contribution >= 4 is 27.6 Å². The van der Waals surface area contributed by atoms with Gasteiger partial charge in [-0.05, 0) is 92.2 Å². The number of fused-ring (bicyclic) bond motifs is 2. The van der Waals surface area contributed by atoms with E-state index in [0.717, 1.165) is 16.8 Å². The number of anilines is 1. The molecule has 6 nitrogen and oxygen atoms in total. The summed E-state index contributed by atoms with van der Waals surface area (Å²) in [6.07, 6.45) is 3.75. The maximum atomic E-state index is 13.2. The minimum atomic E-state index is -3.84. The lowest BCUT2D eigenvalue weighted by Gasteiger charge is -2.41. The van der Waals surface area contributed by atoms with Crippen LogP contribution in [0.5, 0.6) is 5.75 Å². The number of nitrogens with one attached hydrogen (secondary N) is 1. The van der Waals surface area contributed by atoms with Gasteiger partial charge in [0.2, 0.25) is 15.7 Å². The highest BCUT2D eigenvalue weighted by molar-refractivity contribution is 7.89. The third-order valence-electron chi connectivity index (χ3n) is 6.39. The number of carbonyl (C=O) groups is 1. The molecule has 0 fully saturated rings. The summed E-state index contributed by atoms with van der Waals surface area (Å²) in [7, 11) is -3.84. The number of benzene rings is 3. The first-order valence-electron chi connectivity index (χ1n) is 10.3. The Morgan fingerprint density at radius 3 is 2.39 bits per heavy atom.